The number of nitrogens with one attached hydrogen (secondary N) is 1. The van der Waals surface area contributed by atoms with Crippen molar-refractivity contribution in [2.45, 2.75) is 94.3 Å². The van der Waals surface area contributed by atoms with E-state index in [4.69, 9.17) is 10.7 Å². The van der Waals surface area contributed by atoms with Crippen LogP contribution in [0.15, 0.2) is 46.5 Å². The van der Waals surface area contributed by atoms with Gasteiger partial charge in [-0.3, -0.25) is 9.79 Å². The molecule has 5 N–H and O–H groups in total. The van der Waals surface area contributed by atoms with Crippen molar-refractivity contribution in [1.82, 2.24) is 5.32 Å². The molecular weight excluding hydrogens is 575 g/mol. The number of allylic oxidation sites excluding steroid dienone is 2. The standard InChI is InChI=1S/C35H49N3O3S2/c1-33-14-16-42-43-31-12-11-25(22-7-3-2-4-8-22)29-20-37-32(36)38-35(29,31)13-5-9-26-28-18-24(33)17-23(21-40)27(10-6-15-39)34(28,33)19-30(26)41/h2-4,7-8,23-25,27,29,31,39-40H,5-6,9-21H2,1H3,(H3,36,37,38)/t23-,24-,25-,27-,29-,31-,33+,34+,35-/m1/s1. The highest BCUT2D eigenvalue weighted by atomic mass is 33.1. The predicted molar refractivity (Wildman–Crippen MR) is 177 cm³/mol. The molecule has 43 heavy (non-hydrogen) atoms. The van der Waals surface area contributed by atoms with E-state index in [9.17, 15) is 15.0 Å². The third-order valence-electron chi connectivity index (χ3n) is 13.2. The molecule has 2 aliphatic heterocycles. The molecule has 0 aromatic heterocycles. The summed E-state index contributed by atoms with van der Waals surface area (Å²) < 4.78 is 0. The number of carbonyl (C=O) groups excluding carboxylic acids is 1. The molecular formula is C35H49N3O3S2. The highest BCUT2D eigenvalue weighted by Gasteiger charge is 2.69. The molecule has 0 saturated heterocycles. The molecule has 0 unspecified atom stereocenters. The Hall–Kier alpha value is -1.48. The van der Waals surface area contributed by atoms with Gasteiger partial charge in [-0.25, -0.2) is 0 Å². The molecule has 1 aromatic rings. The first kappa shape index (κ1) is 30.2. The van der Waals surface area contributed by atoms with Gasteiger partial charge < -0.3 is 21.3 Å². The second-order valence-corrected chi connectivity index (χ2v) is 17.3. The second kappa shape index (κ2) is 11.7. The van der Waals surface area contributed by atoms with Crippen molar-refractivity contribution in [2.24, 2.45) is 45.2 Å². The van der Waals surface area contributed by atoms with Crippen LogP contribution in [-0.2, 0) is 4.79 Å². The number of Topliss-reactive ketones (excluding diaryl/α,β-unsaturated/α-hetero) is 1. The third-order valence-corrected chi connectivity index (χ3v) is 16.2. The summed E-state index contributed by atoms with van der Waals surface area (Å²) in [5.41, 5.74) is 10.2. The van der Waals surface area contributed by atoms with Crippen molar-refractivity contribution >= 4 is 33.3 Å². The van der Waals surface area contributed by atoms with Crippen LogP contribution in [0.1, 0.15) is 89.0 Å². The molecule has 1 aromatic carbocycles. The highest BCUT2D eigenvalue weighted by Crippen LogP contribution is 2.75. The van der Waals surface area contributed by atoms with Crippen LogP contribution in [0.25, 0.3) is 0 Å². The average Bonchev–Trinajstić information content (AvgIpc) is 3.34. The van der Waals surface area contributed by atoms with E-state index in [2.05, 4.69) is 53.4 Å². The minimum Gasteiger partial charge on any atom is -0.396 e. The van der Waals surface area contributed by atoms with Crippen molar-refractivity contribution in [1.29, 1.82) is 0 Å². The minimum absolute atomic E-state index is 0.0541. The summed E-state index contributed by atoms with van der Waals surface area (Å²) in [6, 6.07) is 11.0. The Morgan fingerprint density at radius 2 is 2.00 bits per heavy atom. The molecule has 6 aliphatic rings. The highest BCUT2D eigenvalue weighted by molar-refractivity contribution is 8.77. The number of aliphatic hydroxyl groups is 2. The van der Waals surface area contributed by atoms with Gasteiger partial charge in [-0.05, 0) is 104 Å². The smallest absolute Gasteiger partial charge is 0.189 e. The summed E-state index contributed by atoms with van der Waals surface area (Å²) in [7, 11) is 4.12. The van der Waals surface area contributed by atoms with E-state index < -0.39 is 0 Å². The van der Waals surface area contributed by atoms with Gasteiger partial charge in [0.25, 0.3) is 0 Å². The van der Waals surface area contributed by atoms with Gasteiger partial charge in [-0.1, -0.05) is 64.4 Å². The molecule has 9 atom stereocenters. The van der Waals surface area contributed by atoms with Crippen LogP contribution in [0.2, 0.25) is 0 Å². The number of hydrogen-bond donors (Lipinski definition) is 4. The largest absolute Gasteiger partial charge is 0.396 e. The van der Waals surface area contributed by atoms with E-state index in [-0.39, 0.29) is 41.4 Å². The molecule has 6 nitrogen and oxygen atoms in total. The van der Waals surface area contributed by atoms with E-state index in [1.54, 1.807) is 0 Å². The Labute approximate surface area is 264 Å². The molecule has 4 aliphatic carbocycles. The Kier molecular flexibility index (Phi) is 8.22. The lowest BCUT2D eigenvalue weighted by Crippen LogP contribution is -2.67. The number of guanidine groups is 1. The summed E-state index contributed by atoms with van der Waals surface area (Å²) in [6.07, 6.45) is 10.5. The Bertz CT molecular complexity index is 1290. The van der Waals surface area contributed by atoms with E-state index in [1.807, 2.05) is 10.8 Å². The summed E-state index contributed by atoms with van der Waals surface area (Å²) in [4.78, 5) is 18.8. The molecule has 0 amide bonds. The minimum atomic E-state index is -0.156. The number of nitrogens with two attached hydrogens (primary N) is 1. The first-order valence-corrected chi connectivity index (χ1v) is 19.1. The maximum atomic E-state index is 14.1. The molecule has 8 heteroatoms. The molecule has 2 heterocycles. The number of rotatable bonds is 5. The lowest BCUT2D eigenvalue weighted by molar-refractivity contribution is -0.125. The Balaban J connectivity index is 1.27. The van der Waals surface area contributed by atoms with Gasteiger partial charge in [0.2, 0.25) is 0 Å². The lowest BCUT2D eigenvalue weighted by atomic mass is 9.47. The molecule has 0 radical (unpaired) electrons. The van der Waals surface area contributed by atoms with Crippen LogP contribution >= 0.6 is 21.6 Å². The zero-order chi connectivity index (χ0) is 29.8. The fourth-order valence-corrected chi connectivity index (χ4v) is 14.6. The number of aliphatic hydroxyl groups excluding tert-OH is 2. The fourth-order valence-electron chi connectivity index (χ4n) is 11.3. The van der Waals surface area contributed by atoms with Gasteiger partial charge in [0.1, 0.15) is 0 Å². The number of ketones is 1. The molecule has 7 rings (SSSR count). The molecule has 3 saturated carbocycles. The summed E-state index contributed by atoms with van der Waals surface area (Å²) in [5.74, 6) is 3.82. The number of carbonyl (C=O) groups is 1. The van der Waals surface area contributed by atoms with Gasteiger partial charge in [0, 0.05) is 48.5 Å². The third kappa shape index (κ3) is 4.58. The fraction of sp³-hybridized carbons (Fsp3) is 0.714. The van der Waals surface area contributed by atoms with Crippen molar-refractivity contribution in [3.05, 3.63) is 47.0 Å². The monoisotopic (exact) mass is 623 g/mol. The number of aliphatic imine (C=N–C) groups is 1. The van der Waals surface area contributed by atoms with Crippen LogP contribution in [0.3, 0.4) is 0 Å². The zero-order valence-corrected chi connectivity index (χ0v) is 27.2. The number of hydrogen-bond acceptors (Lipinski definition) is 8. The summed E-state index contributed by atoms with van der Waals surface area (Å²) in [6.45, 7) is 3.61. The lowest BCUT2D eigenvalue weighted by Gasteiger charge is -2.57. The topological polar surface area (TPSA) is 108 Å². The van der Waals surface area contributed by atoms with Crippen LogP contribution < -0.4 is 11.1 Å². The first-order chi connectivity index (χ1) is 20.9. The normalized spacial score (nSPS) is 42.6. The van der Waals surface area contributed by atoms with Crippen LogP contribution in [0.4, 0.5) is 0 Å². The van der Waals surface area contributed by atoms with E-state index in [0.717, 1.165) is 82.1 Å². The first-order valence-electron chi connectivity index (χ1n) is 16.8. The molecule has 3 fully saturated rings. The van der Waals surface area contributed by atoms with Crippen molar-refractivity contribution in [3.63, 3.8) is 0 Å². The van der Waals surface area contributed by atoms with Crippen molar-refractivity contribution in [3.8, 4) is 0 Å². The van der Waals surface area contributed by atoms with Crippen LogP contribution in [-0.4, -0.2) is 58.3 Å². The quantitative estimate of drug-likeness (QED) is 0.305. The molecule has 2 spiro atoms. The van der Waals surface area contributed by atoms with Crippen molar-refractivity contribution < 1.29 is 15.0 Å². The van der Waals surface area contributed by atoms with Gasteiger partial charge >= 0.3 is 0 Å². The number of nitrogens with zero attached hydrogens (tertiary/aromatic N) is 1. The van der Waals surface area contributed by atoms with E-state index in [0.29, 0.717) is 41.2 Å². The predicted octanol–water partition coefficient (Wildman–Crippen LogP) is 5.84. The SMILES string of the molecule is C[C@]12CCSS[C@@H]3CC[C@H](c4ccccc4)[C@H]4CN=C(N)N[C@]43CCCC3=C4C[C@H]1C[C@H](CO)[C@@H](CCCO)[C@@]42CC3=O. The van der Waals surface area contributed by atoms with Crippen molar-refractivity contribution in [2.75, 3.05) is 25.5 Å². The molecule has 234 valence electrons. The average molecular weight is 624 g/mol. The van der Waals surface area contributed by atoms with Gasteiger partial charge in [0.05, 0.1) is 5.54 Å². The van der Waals surface area contributed by atoms with Gasteiger partial charge in [0.15, 0.2) is 11.7 Å². The summed E-state index contributed by atoms with van der Waals surface area (Å²) >= 11 is 0. The Morgan fingerprint density at radius 3 is 2.79 bits per heavy atom. The summed E-state index contributed by atoms with van der Waals surface area (Å²) in [5, 5.41) is 24.6. The zero-order valence-electron chi connectivity index (χ0n) is 25.6. The van der Waals surface area contributed by atoms with Gasteiger partial charge in [-0.15, -0.1) is 0 Å². The van der Waals surface area contributed by atoms with Gasteiger partial charge in [-0.2, -0.15) is 0 Å². The van der Waals surface area contributed by atoms with Crippen LogP contribution in [0, 0.1) is 34.5 Å². The maximum absolute atomic E-state index is 14.1. The second-order valence-electron chi connectivity index (χ2n) is 14.6. The van der Waals surface area contributed by atoms with Crippen LogP contribution in [0.5, 0.6) is 0 Å². The maximum Gasteiger partial charge on any atom is 0.189 e. The van der Waals surface area contributed by atoms with E-state index >= 15 is 0 Å². The number of benzene rings is 1. The van der Waals surface area contributed by atoms with E-state index in [1.165, 1.54) is 11.1 Å². The molecule has 5 bridgehead atoms. The Morgan fingerprint density at radius 1 is 1.16 bits per heavy atom.